The number of carbonyl (C=O) groups excluding carboxylic acids is 3. The van der Waals surface area contributed by atoms with Crippen LogP contribution in [-0.2, 0) is 14.3 Å². The molecular formula is C26H35N3O5. The van der Waals surface area contributed by atoms with Gasteiger partial charge in [-0.3, -0.25) is 9.59 Å². The van der Waals surface area contributed by atoms with Gasteiger partial charge in [-0.05, 0) is 58.7 Å². The molecule has 0 radical (unpaired) electrons. The number of nitrogens with one attached hydrogen (secondary N) is 2. The maximum absolute atomic E-state index is 13.6. The van der Waals surface area contributed by atoms with Crippen molar-refractivity contribution >= 4 is 23.6 Å². The fourth-order valence-electron chi connectivity index (χ4n) is 3.48. The van der Waals surface area contributed by atoms with Crippen LogP contribution in [0, 0.1) is 6.92 Å². The van der Waals surface area contributed by atoms with Gasteiger partial charge in [-0.15, -0.1) is 0 Å². The minimum Gasteiger partial charge on any atom is -0.444 e. The lowest BCUT2D eigenvalue weighted by Gasteiger charge is -2.37. The Balaban J connectivity index is 2.42. The van der Waals surface area contributed by atoms with Crippen LogP contribution in [0.1, 0.15) is 51.8 Å². The van der Waals surface area contributed by atoms with Crippen molar-refractivity contribution in [2.75, 3.05) is 11.9 Å². The number of carbonyl (C=O) groups is 3. The summed E-state index contributed by atoms with van der Waals surface area (Å²) in [6, 6.07) is 13.6. The lowest BCUT2D eigenvalue weighted by molar-refractivity contribution is -0.143. The molecule has 0 bridgehead atoms. The molecule has 3 amide bonds. The first-order chi connectivity index (χ1) is 15.9. The summed E-state index contributed by atoms with van der Waals surface area (Å²) in [6.07, 6.45) is -0.829. The molecule has 2 aromatic carbocycles. The second-order valence-corrected chi connectivity index (χ2v) is 9.34. The Labute approximate surface area is 201 Å². The molecule has 0 aliphatic rings. The quantitative estimate of drug-likeness (QED) is 0.545. The molecule has 0 aromatic heterocycles. The number of amides is 3. The van der Waals surface area contributed by atoms with E-state index in [4.69, 9.17) is 4.74 Å². The van der Waals surface area contributed by atoms with E-state index in [1.807, 2.05) is 31.2 Å². The number of nitrogens with zero attached hydrogens (tertiary/aromatic N) is 1. The van der Waals surface area contributed by atoms with Crippen molar-refractivity contribution in [2.24, 2.45) is 0 Å². The van der Waals surface area contributed by atoms with Crippen LogP contribution in [0.25, 0.3) is 0 Å². The van der Waals surface area contributed by atoms with E-state index in [-0.39, 0.29) is 0 Å². The number of anilines is 1. The summed E-state index contributed by atoms with van der Waals surface area (Å²) in [4.78, 5) is 40.8. The van der Waals surface area contributed by atoms with Gasteiger partial charge in [0.15, 0.2) is 0 Å². The highest BCUT2D eigenvalue weighted by Crippen LogP contribution is 2.27. The number of aryl methyl sites for hydroxylation is 1. The number of alkyl carbamates (subject to hydrolysis) is 1. The monoisotopic (exact) mass is 469 g/mol. The Morgan fingerprint density at radius 3 is 2.12 bits per heavy atom. The van der Waals surface area contributed by atoms with Crippen molar-refractivity contribution in [3.8, 4) is 0 Å². The van der Waals surface area contributed by atoms with E-state index in [9.17, 15) is 19.5 Å². The highest BCUT2D eigenvalue weighted by atomic mass is 16.6. The molecule has 0 spiro atoms. The predicted molar refractivity (Wildman–Crippen MR) is 131 cm³/mol. The summed E-state index contributed by atoms with van der Waals surface area (Å²) in [7, 11) is 0. The van der Waals surface area contributed by atoms with Gasteiger partial charge in [0, 0.05) is 11.7 Å². The molecule has 2 unspecified atom stereocenters. The minimum absolute atomic E-state index is 0.406. The van der Waals surface area contributed by atoms with Crippen LogP contribution in [0.15, 0.2) is 54.6 Å². The minimum atomic E-state index is -1.28. The highest BCUT2D eigenvalue weighted by molar-refractivity contribution is 5.99. The van der Waals surface area contributed by atoms with Gasteiger partial charge in [0.05, 0.1) is 6.61 Å². The number of hydrogen-bond acceptors (Lipinski definition) is 5. The van der Waals surface area contributed by atoms with Gasteiger partial charge in [-0.25, -0.2) is 4.79 Å². The summed E-state index contributed by atoms with van der Waals surface area (Å²) in [5, 5.41) is 15.3. The third kappa shape index (κ3) is 7.31. The zero-order valence-electron chi connectivity index (χ0n) is 20.7. The fourth-order valence-corrected chi connectivity index (χ4v) is 3.48. The van der Waals surface area contributed by atoms with Gasteiger partial charge in [0.2, 0.25) is 5.91 Å². The molecule has 0 fully saturated rings. The second-order valence-electron chi connectivity index (χ2n) is 9.34. The fraction of sp³-hybridized carbons (Fsp3) is 0.423. The molecule has 34 heavy (non-hydrogen) atoms. The number of aliphatic hydroxyl groups excluding tert-OH is 1. The Bertz CT molecular complexity index is 985. The molecule has 0 saturated carbocycles. The summed E-state index contributed by atoms with van der Waals surface area (Å²) >= 11 is 0. The molecule has 0 aliphatic heterocycles. The van der Waals surface area contributed by atoms with Crippen molar-refractivity contribution in [2.45, 2.75) is 65.3 Å². The second kappa shape index (κ2) is 11.7. The third-order valence-corrected chi connectivity index (χ3v) is 5.03. The average molecular weight is 470 g/mol. The van der Waals surface area contributed by atoms with Crippen LogP contribution < -0.4 is 10.6 Å². The molecule has 2 aromatic rings. The first-order valence-electron chi connectivity index (χ1n) is 11.3. The molecule has 0 aliphatic carbocycles. The molecule has 0 saturated heterocycles. The number of rotatable bonds is 8. The van der Waals surface area contributed by atoms with Gasteiger partial charge >= 0.3 is 6.09 Å². The van der Waals surface area contributed by atoms with E-state index in [2.05, 4.69) is 10.6 Å². The number of para-hydroxylation sites is 1. The average Bonchev–Trinajstić information content (AvgIpc) is 2.75. The lowest BCUT2D eigenvalue weighted by Crippen LogP contribution is -2.55. The molecule has 0 heterocycles. The van der Waals surface area contributed by atoms with E-state index in [0.29, 0.717) is 11.3 Å². The largest absolute Gasteiger partial charge is 0.444 e. The van der Waals surface area contributed by atoms with Gasteiger partial charge in [0.25, 0.3) is 5.91 Å². The maximum atomic E-state index is 13.6. The normalized spacial score (nSPS) is 13.1. The third-order valence-electron chi connectivity index (χ3n) is 5.03. The first-order valence-corrected chi connectivity index (χ1v) is 11.3. The Morgan fingerprint density at radius 1 is 1.00 bits per heavy atom. The summed E-state index contributed by atoms with van der Waals surface area (Å²) < 4.78 is 5.23. The van der Waals surface area contributed by atoms with E-state index in [1.54, 1.807) is 65.0 Å². The number of benzene rings is 2. The first kappa shape index (κ1) is 26.9. The van der Waals surface area contributed by atoms with E-state index in [1.165, 1.54) is 4.90 Å². The van der Waals surface area contributed by atoms with Crippen molar-refractivity contribution in [1.29, 1.82) is 0 Å². The van der Waals surface area contributed by atoms with Crippen LogP contribution in [0.2, 0.25) is 0 Å². The Kier molecular flexibility index (Phi) is 9.20. The van der Waals surface area contributed by atoms with Crippen LogP contribution in [0.3, 0.4) is 0 Å². The SMILES string of the molecule is Cc1ccccc1NC(=O)C(c1ccccc1)N(C(=O)C(CO)NC(=O)OC(C)(C)C)C(C)C. The number of hydrogen-bond donors (Lipinski definition) is 3. The summed E-state index contributed by atoms with van der Waals surface area (Å²) in [5.74, 6) is -1.01. The Hall–Kier alpha value is -3.39. The summed E-state index contributed by atoms with van der Waals surface area (Å²) in [5.41, 5.74) is 1.34. The van der Waals surface area contributed by atoms with Crippen LogP contribution in [0.4, 0.5) is 10.5 Å². The maximum Gasteiger partial charge on any atom is 0.408 e. The summed E-state index contributed by atoms with van der Waals surface area (Å²) in [6.45, 7) is 9.87. The van der Waals surface area contributed by atoms with Crippen LogP contribution in [0.5, 0.6) is 0 Å². The van der Waals surface area contributed by atoms with Gasteiger partial charge < -0.3 is 25.4 Å². The van der Waals surface area contributed by atoms with Crippen molar-refractivity contribution < 1.29 is 24.2 Å². The predicted octanol–water partition coefficient (Wildman–Crippen LogP) is 3.80. The van der Waals surface area contributed by atoms with Crippen molar-refractivity contribution in [1.82, 2.24) is 10.2 Å². The van der Waals surface area contributed by atoms with E-state index >= 15 is 0 Å². The van der Waals surface area contributed by atoms with Crippen molar-refractivity contribution in [3.05, 3.63) is 65.7 Å². The standard InChI is InChI=1S/C26H35N3O5/c1-17(2)29(24(32)21(16-30)28-25(33)34-26(4,5)6)22(19-13-8-7-9-14-19)23(31)27-20-15-11-10-12-18(20)3/h7-15,17,21-22,30H,16H2,1-6H3,(H,27,31)(H,28,33). The van der Waals surface area contributed by atoms with Crippen LogP contribution in [-0.4, -0.2) is 52.2 Å². The zero-order valence-corrected chi connectivity index (χ0v) is 20.7. The molecule has 2 rings (SSSR count). The molecule has 2 atom stereocenters. The zero-order chi connectivity index (χ0) is 25.5. The highest BCUT2D eigenvalue weighted by Gasteiger charge is 2.37. The molecule has 8 nitrogen and oxygen atoms in total. The molecule has 8 heteroatoms. The number of ether oxygens (including phenoxy) is 1. The van der Waals surface area contributed by atoms with Gasteiger partial charge in [-0.2, -0.15) is 0 Å². The lowest BCUT2D eigenvalue weighted by atomic mass is 10.0. The number of aliphatic hydroxyl groups is 1. The topological polar surface area (TPSA) is 108 Å². The molecule has 3 N–H and O–H groups in total. The van der Waals surface area contributed by atoms with Gasteiger partial charge in [-0.1, -0.05) is 48.5 Å². The molecule has 184 valence electrons. The molecular weight excluding hydrogens is 434 g/mol. The van der Waals surface area contributed by atoms with Crippen molar-refractivity contribution in [3.63, 3.8) is 0 Å². The van der Waals surface area contributed by atoms with E-state index < -0.39 is 48.2 Å². The van der Waals surface area contributed by atoms with Crippen LogP contribution >= 0.6 is 0 Å². The Morgan fingerprint density at radius 2 is 1.59 bits per heavy atom. The van der Waals surface area contributed by atoms with E-state index in [0.717, 1.165) is 5.56 Å². The van der Waals surface area contributed by atoms with Gasteiger partial charge in [0.1, 0.15) is 17.7 Å². The smallest absolute Gasteiger partial charge is 0.408 e.